The molecular formula is C17H25N3O. The highest BCUT2D eigenvalue weighted by molar-refractivity contribution is 5.33. The molecule has 1 aromatic carbocycles. The van der Waals surface area contributed by atoms with E-state index in [9.17, 15) is 0 Å². The fourth-order valence-electron chi connectivity index (χ4n) is 2.41. The summed E-state index contributed by atoms with van der Waals surface area (Å²) in [5.41, 5.74) is 8.47. The predicted octanol–water partition coefficient (Wildman–Crippen LogP) is 2.98. The Balaban J connectivity index is 1.98. The summed E-state index contributed by atoms with van der Waals surface area (Å²) in [5.74, 6) is 0.901. The van der Waals surface area contributed by atoms with Gasteiger partial charge in [-0.25, -0.2) is 0 Å². The average Bonchev–Trinajstić information content (AvgIpc) is 2.95. The molecule has 4 heteroatoms. The van der Waals surface area contributed by atoms with Crippen LogP contribution in [0.2, 0.25) is 0 Å². The lowest BCUT2D eigenvalue weighted by Gasteiger charge is -2.13. The molecule has 0 aliphatic heterocycles. The van der Waals surface area contributed by atoms with Gasteiger partial charge in [0.2, 0.25) is 0 Å². The quantitative estimate of drug-likeness (QED) is 0.851. The van der Waals surface area contributed by atoms with Crippen LogP contribution in [0.1, 0.15) is 37.6 Å². The van der Waals surface area contributed by atoms with Gasteiger partial charge in [0, 0.05) is 24.7 Å². The van der Waals surface area contributed by atoms with E-state index in [0.29, 0.717) is 6.04 Å². The molecule has 0 bridgehead atoms. The molecule has 0 saturated heterocycles. The Hall–Kier alpha value is -1.81. The summed E-state index contributed by atoms with van der Waals surface area (Å²) in [7, 11) is 1.69. The SMILES string of the molecule is CCC(C)n1ccc(CC(N)Cc2ccccc2OC)n1. The Labute approximate surface area is 126 Å². The van der Waals surface area contributed by atoms with Crippen LogP contribution in [0.3, 0.4) is 0 Å². The molecule has 2 unspecified atom stereocenters. The Morgan fingerprint density at radius 2 is 2.00 bits per heavy atom. The molecule has 0 fully saturated rings. The molecule has 2 atom stereocenters. The smallest absolute Gasteiger partial charge is 0.122 e. The Morgan fingerprint density at radius 1 is 1.24 bits per heavy atom. The third-order valence-corrected chi connectivity index (χ3v) is 3.85. The Morgan fingerprint density at radius 3 is 2.71 bits per heavy atom. The minimum atomic E-state index is 0.0431. The number of nitrogens with zero attached hydrogens (tertiary/aromatic N) is 2. The first-order valence-electron chi connectivity index (χ1n) is 7.55. The van der Waals surface area contributed by atoms with Gasteiger partial charge in [-0.3, -0.25) is 4.68 Å². The Kier molecular flexibility index (Phi) is 5.39. The van der Waals surface area contributed by atoms with Gasteiger partial charge >= 0.3 is 0 Å². The fourth-order valence-corrected chi connectivity index (χ4v) is 2.41. The first-order valence-corrected chi connectivity index (χ1v) is 7.55. The van der Waals surface area contributed by atoms with Crippen molar-refractivity contribution in [2.45, 2.75) is 45.2 Å². The second kappa shape index (κ2) is 7.27. The average molecular weight is 287 g/mol. The lowest BCUT2D eigenvalue weighted by Crippen LogP contribution is -2.26. The molecule has 21 heavy (non-hydrogen) atoms. The van der Waals surface area contributed by atoms with Gasteiger partial charge in [-0.2, -0.15) is 5.10 Å². The van der Waals surface area contributed by atoms with Gasteiger partial charge in [-0.05, 0) is 37.5 Å². The summed E-state index contributed by atoms with van der Waals surface area (Å²) < 4.78 is 7.39. The minimum absolute atomic E-state index is 0.0431. The van der Waals surface area contributed by atoms with Crippen molar-refractivity contribution in [3.05, 3.63) is 47.8 Å². The second-order valence-electron chi connectivity index (χ2n) is 5.52. The summed E-state index contributed by atoms with van der Waals surface area (Å²) >= 11 is 0. The van der Waals surface area contributed by atoms with E-state index < -0.39 is 0 Å². The maximum atomic E-state index is 6.27. The van der Waals surface area contributed by atoms with Crippen LogP contribution < -0.4 is 10.5 Å². The number of benzene rings is 1. The lowest BCUT2D eigenvalue weighted by atomic mass is 10.0. The van der Waals surface area contributed by atoms with Crippen molar-refractivity contribution in [1.82, 2.24) is 9.78 Å². The molecule has 4 nitrogen and oxygen atoms in total. The highest BCUT2D eigenvalue weighted by Crippen LogP contribution is 2.19. The van der Waals surface area contributed by atoms with E-state index in [0.717, 1.165) is 36.3 Å². The maximum Gasteiger partial charge on any atom is 0.122 e. The summed E-state index contributed by atoms with van der Waals surface area (Å²) in [6.07, 6.45) is 4.69. The number of ether oxygens (including phenoxy) is 1. The lowest BCUT2D eigenvalue weighted by molar-refractivity contribution is 0.407. The molecule has 0 aliphatic rings. The number of hydrogen-bond acceptors (Lipinski definition) is 3. The first kappa shape index (κ1) is 15.6. The van der Waals surface area contributed by atoms with Gasteiger partial charge in [-0.1, -0.05) is 25.1 Å². The third kappa shape index (κ3) is 4.08. The molecule has 0 amide bonds. The van der Waals surface area contributed by atoms with E-state index in [1.807, 2.05) is 29.1 Å². The van der Waals surface area contributed by atoms with Crippen LogP contribution in [-0.4, -0.2) is 22.9 Å². The van der Waals surface area contributed by atoms with E-state index >= 15 is 0 Å². The highest BCUT2D eigenvalue weighted by Gasteiger charge is 2.12. The molecular weight excluding hydrogens is 262 g/mol. The van der Waals surface area contributed by atoms with E-state index in [1.165, 1.54) is 0 Å². The van der Waals surface area contributed by atoms with Gasteiger partial charge in [0.1, 0.15) is 5.75 Å². The second-order valence-corrected chi connectivity index (χ2v) is 5.52. The van der Waals surface area contributed by atoms with Crippen LogP contribution >= 0.6 is 0 Å². The van der Waals surface area contributed by atoms with Gasteiger partial charge in [-0.15, -0.1) is 0 Å². The van der Waals surface area contributed by atoms with Crippen molar-refractivity contribution >= 4 is 0 Å². The maximum absolute atomic E-state index is 6.27. The summed E-state index contributed by atoms with van der Waals surface area (Å²) in [6.45, 7) is 4.34. The van der Waals surface area contributed by atoms with Crippen molar-refractivity contribution in [3.63, 3.8) is 0 Å². The molecule has 114 valence electrons. The van der Waals surface area contributed by atoms with Crippen LogP contribution in [0.15, 0.2) is 36.5 Å². The van der Waals surface area contributed by atoms with Crippen molar-refractivity contribution in [2.24, 2.45) is 5.73 Å². The summed E-state index contributed by atoms with van der Waals surface area (Å²) in [4.78, 5) is 0. The van der Waals surface area contributed by atoms with Crippen LogP contribution in [0.25, 0.3) is 0 Å². The topological polar surface area (TPSA) is 53.1 Å². The number of aromatic nitrogens is 2. The van der Waals surface area contributed by atoms with Crippen molar-refractivity contribution < 1.29 is 4.74 Å². The zero-order valence-corrected chi connectivity index (χ0v) is 13.1. The fraction of sp³-hybridized carbons (Fsp3) is 0.471. The van der Waals surface area contributed by atoms with Gasteiger partial charge in [0.25, 0.3) is 0 Å². The molecule has 2 N–H and O–H groups in total. The molecule has 0 radical (unpaired) electrons. The van der Waals surface area contributed by atoms with Crippen LogP contribution in [0, 0.1) is 0 Å². The van der Waals surface area contributed by atoms with E-state index in [4.69, 9.17) is 10.5 Å². The van der Waals surface area contributed by atoms with Gasteiger partial charge < -0.3 is 10.5 Å². The van der Waals surface area contributed by atoms with Crippen LogP contribution in [0.5, 0.6) is 5.75 Å². The van der Waals surface area contributed by atoms with Crippen molar-refractivity contribution in [3.8, 4) is 5.75 Å². The zero-order valence-electron chi connectivity index (χ0n) is 13.1. The van der Waals surface area contributed by atoms with Crippen molar-refractivity contribution in [2.75, 3.05) is 7.11 Å². The zero-order chi connectivity index (χ0) is 15.2. The summed E-state index contributed by atoms with van der Waals surface area (Å²) in [5, 5.41) is 4.61. The number of rotatable bonds is 7. The summed E-state index contributed by atoms with van der Waals surface area (Å²) in [6, 6.07) is 10.6. The molecule has 2 aromatic rings. The number of nitrogens with two attached hydrogens (primary N) is 1. The van der Waals surface area contributed by atoms with Gasteiger partial charge in [0.15, 0.2) is 0 Å². The molecule has 2 rings (SSSR count). The molecule has 0 spiro atoms. The minimum Gasteiger partial charge on any atom is -0.496 e. The molecule has 0 aliphatic carbocycles. The first-order chi connectivity index (χ1) is 10.1. The monoisotopic (exact) mass is 287 g/mol. The normalized spacial score (nSPS) is 13.9. The van der Waals surface area contributed by atoms with Crippen LogP contribution in [-0.2, 0) is 12.8 Å². The van der Waals surface area contributed by atoms with Gasteiger partial charge in [0.05, 0.1) is 12.8 Å². The van der Waals surface area contributed by atoms with E-state index in [2.05, 4.69) is 31.1 Å². The third-order valence-electron chi connectivity index (χ3n) is 3.85. The van der Waals surface area contributed by atoms with Crippen molar-refractivity contribution in [1.29, 1.82) is 0 Å². The Bertz CT molecular complexity index is 565. The molecule has 1 heterocycles. The van der Waals surface area contributed by atoms with E-state index in [1.54, 1.807) is 7.11 Å². The number of hydrogen-bond donors (Lipinski definition) is 1. The highest BCUT2D eigenvalue weighted by atomic mass is 16.5. The number of para-hydroxylation sites is 1. The predicted molar refractivity (Wildman–Crippen MR) is 85.6 cm³/mol. The molecule has 1 aromatic heterocycles. The standard InChI is InChI=1S/C17H25N3O/c1-4-13(2)20-10-9-16(19-20)12-15(18)11-14-7-5-6-8-17(14)21-3/h5-10,13,15H,4,11-12,18H2,1-3H3. The van der Waals surface area contributed by atoms with Crippen LogP contribution in [0.4, 0.5) is 0 Å². The van der Waals surface area contributed by atoms with E-state index in [-0.39, 0.29) is 6.04 Å². The molecule has 0 saturated carbocycles. The number of methoxy groups -OCH3 is 1. The largest absolute Gasteiger partial charge is 0.496 e.